The van der Waals surface area contributed by atoms with E-state index in [4.69, 9.17) is 18.3 Å². The Hall–Kier alpha value is -6.70. The third-order valence-corrected chi connectivity index (χ3v) is 7.63. The number of phenolic OH excluding ortho intramolecular Hbond substituents is 8. The van der Waals surface area contributed by atoms with Crippen LogP contribution in [0, 0.1) is 0 Å². The van der Waals surface area contributed by atoms with Crippen molar-refractivity contribution in [2.24, 2.45) is 0 Å². The summed E-state index contributed by atoms with van der Waals surface area (Å²) < 4.78 is 22.3. The molecule has 0 saturated heterocycles. The number of rotatable bonds is 6. The van der Waals surface area contributed by atoms with Crippen molar-refractivity contribution in [3.05, 3.63) is 80.1 Å². The van der Waals surface area contributed by atoms with Crippen LogP contribution >= 0.6 is 0 Å². The summed E-state index contributed by atoms with van der Waals surface area (Å²) in [6.07, 6.45) is -0.599. The molecule has 2 aromatic heterocycles. The maximum absolute atomic E-state index is 13.4. The van der Waals surface area contributed by atoms with E-state index in [-0.39, 0.29) is 33.8 Å². The molecule has 0 spiro atoms. The van der Waals surface area contributed by atoms with Crippen LogP contribution in [0.25, 0.3) is 44.6 Å². The second kappa shape index (κ2) is 11.0. The number of methoxy groups -OCH3 is 2. The molecule has 0 radical (unpaired) electrons. The molecular weight excluding hydrogens is 620 g/mol. The van der Waals surface area contributed by atoms with Gasteiger partial charge in [-0.15, -0.1) is 0 Å². The first-order valence-electron chi connectivity index (χ1n) is 13.6. The highest BCUT2D eigenvalue weighted by molar-refractivity contribution is 5.96. The van der Waals surface area contributed by atoms with Gasteiger partial charge in [0.25, 0.3) is 0 Å². The van der Waals surface area contributed by atoms with Crippen molar-refractivity contribution < 1.29 is 59.2 Å². The van der Waals surface area contributed by atoms with E-state index in [9.17, 15) is 50.4 Å². The lowest BCUT2D eigenvalue weighted by Crippen LogP contribution is -2.07. The number of benzene rings is 4. The summed E-state index contributed by atoms with van der Waals surface area (Å²) in [5.74, 6) is -6.26. The molecule has 0 atom stereocenters. The smallest absolute Gasteiger partial charge is 0.204 e. The van der Waals surface area contributed by atoms with E-state index in [0.29, 0.717) is 0 Å². The number of hydrogen-bond donors (Lipinski definition) is 8. The normalized spacial score (nSPS) is 11.3. The van der Waals surface area contributed by atoms with Gasteiger partial charge >= 0.3 is 0 Å². The molecular formula is C33H24O14. The molecule has 14 heteroatoms. The fourth-order valence-electron chi connectivity index (χ4n) is 5.33. The topological polar surface area (TPSA) is 241 Å². The molecule has 0 aliphatic carbocycles. The van der Waals surface area contributed by atoms with E-state index in [1.165, 1.54) is 12.1 Å². The molecule has 0 saturated carbocycles. The average molecular weight is 645 g/mol. The summed E-state index contributed by atoms with van der Waals surface area (Å²) in [7, 11) is 2.24. The van der Waals surface area contributed by atoms with Gasteiger partial charge in [-0.1, -0.05) is 0 Å². The summed E-state index contributed by atoms with van der Waals surface area (Å²) in [5.41, 5.74) is -2.63. The molecule has 0 unspecified atom stereocenters. The van der Waals surface area contributed by atoms with Gasteiger partial charge in [-0.05, 0) is 36.4 Å². The number of fused-ring (bicyclic) bond motifs is 2. The molecule has 0 aliphatic heterocycles. The van der Waals surface area contributed by atoms with Gasteiger partial charge in [-0.3, -0.25) is 9.59 Å². The van der Waals surface area contributed by atoms with Crippen LogP contribution in [-0.2, 0) is 6.42 Å². The van der Waals surface area contributed by atoms with Gasteiger partial charge in [-0.2, -0.15) is 0 Å². The van der Waals surface area contributed by atoms with Crippen molar-refractivity contribution in [3.8, 4) is 80.1 Å². The van der Waals surface area contributed by atoms with Crippen LogP contribution in [0.15, 0.2) is 67.0 Å². The van der Waals surface area contributed by atoms with Gasteiger partial charge in [0.1, 0.15) is 33.5 Å². The van der Waals surface area contributed by atoms with Crippen molar-refractivity contribution in [2.75, 3.05) is 14.2 Å². The zero-order valence-corrected chi connectivity index (χ0v) is 24.4. The van der Waals surface area contributed by atoms with E-state index in [1.807, 2.05) is 0 Å². The lowest BCUT2D eigenvalue weighted by molar-refractivity contribution is 0.342. The van der Waals surface area contributed by atoms with Crippen LogP contribution in [0.4, 0.5) is 0 Å². The minimum absolute atomic E-state index is 0.132. The molecule has 240 valence electrons. The molecule has 8 N–H and O–H groups in total. The van der Waals surface area contributed by atoms with Gasteiger partial charge in [0.2, 0.25) is 11.5 Å². The lowest BCUT2D eigenvalue weighted by Gasteiger charge is -2.18. The van der Waals surface area contributed by atoms with Gasteiger partial charge < -0.3 is 59.2 Å². The Morgan fingerprint density at radius 2 is 0.915 bits per heavy atom. The Bertz CT molecular complexity index is 2220. The molecule has 47 heavy (non-hydrogen) atoms. The van der Waals surface area contributed by atoms with Crippen LogP contribution in [0.5, 0.6) is 57.5 Å². The highest BCUT2D eigenvalue weighted by Gasteiger charge is 2.30. The van der Waals surface area contributed by atoms with Crippen molar-refractivity contribution in [1.82, 2.24) is 0 Å². The van der Waals surface area contributed by atoms with Crippen molar-refractivity contribution in [1.29, 1.82) is 0 Å². The van der Waals surface area contributed by atoms with Gasteiger partial charge in [0.15, 0.2) is 56.9 Å². The number of hydrogen-bond acceptors (Lipinski definition) is 14. The fourth-order valence-corrected chi connectivity index (χ4v) is 5.33. The zero-order chi connectivity index (χ0) is 33.9. The van der Waals surface area contributed by atoms with E-state index in [0.717, 1.165) is 50.6 Å². The first-order chi connectivity index (χ1) is 22.4. The van der Waals surface area contributed by atoms with E-state index in [1.54, 1.807) is 0 Å². The van der Waals surface area contributed by atoms with Gasteiger partial charge in [0, 0.05) is 40.8 Å². The predicted molar refractivity (Wildman–Crippen MR) is 165 cm³/mol. The molecule has 0 bridgehead atoms. The third kappa shape index (κ3) is 4.75. The Balaban J connectivity index is 1.69. The quantitative estimate of drug-likeness (QED) is 0.117. The van der Waals surface area contributed by atoms with Crippen LogP contribution in [0.2, 0.25) is 0 Å². The highest BCUT2D eigenvalue weighted by Crippen LogP contribution is 2.50. The van der Waals surface area contributed by atoms with Crippen LogP contribution < -0.4 is 20.3 Å². The molecule has 6 rings (SSSR count). The maximum atomic E-state index is 13.4. The highest BCUT2D eigenvalue weighted by atomic mass is 16.5. The number of ether oxygens (including phenoxy) is 2. The number of aromatic hydroxyl groups is 8. The van der Waals surface area contributed by atoms with Crippen molar-refractivity contribution >= 4 is 21.9 Å². The fraction of sp³-hybridized carbons (Fsp3) is 0.0909. The predicted octanol–water partition coefficient (Wildman–Crippen LogP) is 4.49. The van der Waals surface area contributed by atoms with Crippen LogP contribution in [0.3, 0.4) is 0 Å². The first-order valence-corrected chi connectivity index (χ1v) is 13.6. The second-order valence-electron chi connectivity index (χ2n) is 10.4. The van der Waals surface area contributed by atoms with Gasteiger partial charge in [0.05, 0.1) is 14.2 Å². The number of phenols is 8. The van der Waals surface area contributed by atoms with Crippen LogP contribution in [0.1, 0.15) is 11.1 Å². The summed E-state index contributed by atoms with van der Waals surface area (Å²) in [6, 6.07) is 9.21. The Kier molecular flexibility index (Phi) is 7.12. The van der Waals surface area contributed by atoms with E-state index < -0.39 is 96.7 Å². The monoisotopic (exact) mass is 644 g/mol. The third-order valence-electron chi connectivity index (χ3n) is 7.63. The van der Waals surface area contributed by atoms with E-state index >= 15 is 0 Å². The zero-order valence-electron chi connectivity index (χ0n) is 24.4. The summed E-state index contributed by atoms with van der Waals surface area (Å²) in [6.45, 7) is 0. The minimum Gasteiger partial charge on any atom is -0.504 e. The molecule has 2 heterocycles. The van der Waals surface area contributed by atoms with E-state index in [2.05, 4.69) is 0 Å². The SMILES string of the molecule is COc1c(O)c(Cc2c(O)c(OC)c(O)c3c(=O)cc(-c4ccc(O)c(O)c4)oc23)c2oc(-c3ccc(O)c(O)c3)cc(=O)c2c1O. The molecule has 14 nitrogen and oxygen atoms in total. The molecule has 4 aromatic carbocycles. The molecule has 0 amide bonds. The first kappa shape index (κ1) is 30.3. The van der Waals surface area contributed by atoms with Crippen LogP contribution in [-0.4, -0.2) is 55.1 Å². The van der Waals surface area contributed by atoms with Crippen molar-refractivity contribution in [3.63, 3.8) is 0 Å². The molecule has 0 fully saturated rings. The standard InChI is InChI=1S/C33H24O14/c1-44-32-26(40)14(30-24(28(32)42)20(38)10-22(46-30)12-3-5-16(34)18(36)7-12)9-15-27(41)33(45-2)29(43)25-21(39)11-23(47-31(15)25)13-4-6-17(35)19(37)8-13/h3-8,10-11,34-37,40-43H,9H2,1-2H3. The van der Waals surface area contributed by atoms with Crippen molar-refractivity contribution in [2.45, 2.75) is 6.42 Å². The Morgan fingerprint density at radius 1 is 0.532 bits per heavy atom. The summed E-state index contributed by atoms with van der Waals surface area (Å²) >= 11 is 0. The van der Waals surface area contributed by atoms with Gasteiger partial charge in [-0.25, -0.2) is 0 Å². The Morgan fingerprint density at radius 3 is 1.26 bits per heavy atom. The minimum atomic E-state index is -0.802. The molecule has 0 aliphatic rings. The molecule has 6 aromatic rings. The largest absolute Gasteiger partial charge is 0.504 e. The summed E-state index contributed by atoms with van der Waals surface area (Å²) in [4.78, 5) is 26.8. The second-order valence-corrected chi connectivity index (χ2v) is 10.4. The lowest BCUT2D eigenvalue weighted by atomic mass is 9.96. The average Bonchev–Trinajstić information content (AvgIpc) is 3.03. The summed E-state index contributed by atoms with van der Waals surface area (Å²) in [5, 5.41) is 83.1. The Labute approximate surface area is 262 Å². The maximum Gasteiger partial charge on any atom is 0.204 e.